The van der Waals surface area contributed by atoms with Gasteiger partial charge in [-0.15, -0.1) is 22.5 Å². The lowest BCUT2D eigenvalue weighted by Gasteiger charge is -2.03. The molecule has 7 nitrogen and oxygen atoms in total. The van der Waals surface area contributed by atoms with Crippen LogP contribution in [0, 0.1) is 10.1 Å². The highest BCUT2D eigenvalue weighted by atomic mass is 35.5. The Labute approximate surface area is 97.3 Å². The summed E-state index contributed by atoms with van der Waals surface area (Å²) in [5, 5.41) is 11.3. The third-order valence-electron chi connectivity index (χ3n) is 1.51. The molecule has 0 aromatic carbocycles. The molecule has 0 fully saturated rings. The number of rotatable bonds is 5. The summed E-state index contributed by atoms with van der Waals surface area (Å²) in [5.41, 5.74) is 0.401. The number of hydrogen-bond donors (Lipinski definition) is 1. The first-order valence-corrected chi connectivity index (χ1v) is 4.15. The van der Waals surface area contributed by atoms with Gasteiger partial charge in [-0.05, 0) is 12.1 Å². The van der Waals surface area contributed by atoms with E-state index in [0.717, 1.165) is 0 Å². The first-order chi connectivity index (χ1) is 7.20. The van der Waals surface area contributed by atoms with E-state index in [1.807, 2.05) is 0 Å². The van der Waals surface area contributed by atoms with Crippen LogP contribution in [-0.2, 0) is 4.84 Å². The number of hydrogen-bond acceptors (Lipinski definition) is 5. The van der Waals surface area contributed by atoms with Gasteiger partial charge in [0.15, 0.2) is 0 Å². The molecule has 1 rings (SSSR count). The van der Waals surface area contributed by atoms with Gasteiger partial charge >= 0.3 is 0 Å². The second-order valence-electron chi connectivity index (χ2n) is 2.55. The molecule has 0 saturated carbocycles. The molecule has 1 N–H and O–H groups in total. The third-order valence-corrected chi connectivity index (χ3v) is 1.51. The minimum Gasteiger partial charge on any atom is -0.350 e. The Balaban J connectivity index is 0.00000225. The van der Waals surface area contributed by atoms with E-state index < -0.39 is 5.09 Å². The van der Waals surface area contributed by atoms with Gasteiger partial charge in [0.2, 0.25) is 0 Å². The summed E-state index contributed by atoms with van der Waals surface area (Å²) in [6.45, 7) is -0.0896. The van der Waals surface area contributed by atoms with E-state index >= 15 is 0 Å². The van der Waals surface area contributed by atoms with Crippen molar-refractivity contribution in [1.82, 2.24) is 10.3 Å². The SMILES string of the molecule is Cl.O=C(NCCO[N+](=O)[O-])c1cccnc1. The summed E-state index contributed by atoms with van der Waals surface area (Å²) >= 11 is 0. The van der Waals surface area contributed by atoms with E-state index in [1.165, 1.54) is 6.20 Å². The summed E-state index contributed by atoms with van der Waals surface area (Å²) in [6, 6.07) is 3.22. The molecule has 0 aliphatic heterocycles. The van der Waals surface area contributed by atoms with Crippen LogP contribution in [0.3, 0.4) is 0 Å². The summed E-state index contributed by atoms with van der Waals surface area (Å²) in [6.07, 6.45) is 2.95. The molecular weight excluding hydrogens is 238 g/mol. The molecule has 1 amide bonds. The van der Waals surface area contributed by atoms with Gasteiger partial charge in [-0.25, -0.2) is 0 Å². The fraction of sp³-hybridized carbons (Fsp3) is 0.250. The van der Waals surface area contributed by atoms with Crippen LogP contribution in [0.4, 0.5) is 0 Å². The number of amides is 1. The van der Waals surface area contributed by atoms with E-state index in [1.54, 1.807) is 18.3 Å². The van der Waals surface area contributed by atoms with Gasteiger partial charge < -0.3 is 10.2 Å². The zero-order chi connectivity index (χ0) is 11.1. The third kappa shape index (κ3) is 5.11. The Morgan fingerprint density at radius 2 is 2.38 bits per heavy atom. The second-order valence-corrected chi connectivity index (χ2v) is 2.55. The minimum absolute atomic E-state index is 0. The predicted octanol–water partition coefficient (Wildman–Crippen LogP) is 0.441. The number of pyridine rings is 1. The van der Waals surface area contributed by atoms with Crippen LogP contribution < -0.4 is 5.32 Å². The lowest BCUT2D eigenvalue weighted by atomic mass is 10.3. The quantitative estimate of drug-likeness (QED) is 0.463. The number of halogens is 1. The Morgan fingerprint density at radius 1 is 1.62 bits per heavy atom. The van der Waals surface area contributed by atoms with Crippen molar-refractivity contribution in [2.75, 3.05) is 13.2 Å². The molecule has 0 saturated heterocycles. The van der Waals surface area contributed by atoms with Crippen LogP contribution >= 0.6 is 12.4 Å². The summed E-state index contributed by atoms with van der Waals surface area (Å²) in [5.74, 6) is -0.338. The number of nitrogens with one attached hydrogen (secondary N) is 1. The summed E-state index contributed by atoms with van der Waals surface area (Å²) in [7, 11) is 0. The van der Waals surface area contributed by atoms with Crippen LogP contribution in [0.2, 0.25) is 0 Å². The fourth-order valence-corrected chi connectivity index (χ4v) is 0.884. The van der Waals surface area contributed by atoms with E-state index in [2.05, 4.69) is 15.1 Å². The molecule has 0 atom stereocenters. The van der Waals surface area contributed by atoms with Crippen molar-refractivity contribution in [2.45, 2.75) is 0 Å². The van der Waals surface area contributed by atoms with Crippen molar-refractivity contribution in [3.63, 3.8) is 0 Å². The molecule has 8 heteroatoms. The minimum atomic E-state index is -0.907. The second kappa shape index (κ2) is 7.41. The monoisotopic (exact) mass is 247 g/mol. The highest BCUT2D eigenvalue weighted by Crippen LogP contribution is 1.94. The Kier molecular flexibility index (Phi) is 6.53. The van der Waals surface area contributed by atoms with Crippen LogP contribution in [0.5, 0.6) is 0 Å². The fourth-order valence-electron chi connectivity index (χ4n) is 0.884. The van der Waals surface area contributed by atoms with Gasteiger partial charge in [-0.3, -0.25) is 9.78 Å². The molecule has 0 aliphatic carbocycles. The number of carbonyl (C=O) groups is 1. The van der Waals surface area contributed by atoms with E-state index in [0.29, 0.717) is 5.56 Å². The lowest BCUT2D eigenvalue weighted by molar-refractivity contribution is -0.757. The average molecular weight is 248 g/mol. The van der Waals surface area contributed by atoms with Gasteiger partial charge in [0.25, 0.3) is 11.0 Å². The largest absolute Gasteiger partial charge is 0.350 e. The predicted molar refractivity (Wildman–Crippen MR) is 56.8 cm³/mol. The van der Waals surface area contributed by atoms with Crippen molar-refractivity contribution in [1.29, 1.82) is 0 Å². The molecule has 1 aromatic heterocycles. The van der Waals surface area contributed by atoms with Gasteiger partial charge in [0.05, 0.1) is 5.56 Å². The van der Waals surface area contributed by atoms with Crippen molar-refractivity contribution >= 4 is 18.3 Å². The zero-order valence-electron chi connectivity index (χ0n) is 8.16. The summed E-state index contributed by atoms with van der Waals surface area (Å²) in [4.78, 5) is 28.9. The van der Waals surface area contributed by atoms with Crippen LogP contribution in [0.1, 0.15) is 10.4 Å². The van der Waals surface area contributed by atoms with E-state index in [9.17, 15) is 14.9 Å². The molecular formula is C8H10ClN3O4. The molecule has 0 unspecified atom stereocenters. The number of nitrogens with zero attached hydrogens (tertiary/aromatic N) is 2. The smallest absolute Gasteiger partial charge is 0.294 e. The zero-order valence-corrected chi connectivity index (χ0v) is 8.98. The lowest BCUT2D eigenvalue weighted by Crippen LogP contribution is -2.27. The first kappa shape index (κ1) is 14.1. The highest BCUT2D eigenvalue weighted by molar-refractivity contribution is 5.93. The van der Waals surface area contributed by atoms with Gasteiger partial charge in [0, 0.05) is 18.9 Å². The first-order valence-electron chi connectivity index (χ1n) is 4.15. The van der Waals surface area contributed by atoms with Crippen molar-refractivity contribution in [2.24, 2.45) is 0 Å². The molecule has 0 aliphatic rings. The van der Waals surface area contributed by atoms with Crippen LogP contribution in [0.15, 0.2) is 24.5 Å². The van der Waals surface area contributed by atoms with Gasteiger partial charge in [-0.1, -0.05) is 0 Å². The maximum atomic E-state index is 11.3. The van der Waals surface area contributed by atoms with Crippen molar-refractivity contribution in [3.05, 3.63) is 40.2 Å². The Hall–Kier alpha value is -1.89. The summed E-state index contributed by atoms with van der Waals surface area (Å²) < 4.78 is 0. The van der Waals surface area contributed by atoms with E-state index in [-0.39, 0.29) is 31.5 Å². The standard InChI is InChI=1S/C8H9N3O4.ClH/c12-8(7-2-1-3-9-6-7)10-4-5-15-11(13)14;/h1-3,6H,4-5H2,(H,10,12);1H. The average Bonchev–Trinajstić information content (AvgIpc) is 2.25. The Bertz CT molecular complexity index is 346. The molecule has 16 heavy (non-hydrogen) atoms. The molecule has 88 valence electrons. The maximum absolute atomic E-state index is 11.3. The van der Waals surface area contributed by atoms with Crippen LogP contribution in [-0.4, -0.2) is 29.1 Å². The highest BCUT2D eigenvalue weighted by Gasteiger charge is 2.03. The molecule has 1 aromatic rings. The van der Waals surface area contributed by atoms with Gasteiger partial charge in [0.1, 0.15) is 6.61 Å². The number of aromatic nitrogens is 1. The van der Waals surface area contributed by atoms with E-state index in [4.69, 9.17) is 0 Å². The van der Waals surface area contributed by atoms with Crippen LogP contribution in [0.25, 0.3) is 0 Å². The normalized spacial score (nSPS) is 8.75. The molecule has 0 bridgehead atoms. The maximum Gasteiger partial charge on any atom is 0.294 e. The van der Waals surface area contributed by atoms with Crippen molar-refractivity contribution in [3.8, 4) is 0 Å². The molecule has 0 spiro atoms. The van der Waals surface area contributed by atoms with Crippen molar-refractivity contribution < 1.29 is 14.7 Å². The topological polar surface area (TPSA) is 94.4 Å². The van der Waals surface area contributed by atoms with Gasteiger partial charge in [-0.2, -0.15) is 0 Å². The molecule has 1 heterocycles. The Morgan fingerprint density at radius 3 is 2.94 bits per heavy atom. The molecule has 0 radical (unpaired) electrons. The number of carbonyl (C=O) groups excluding carboxylic acids is 1.